The fourth-order valence-electron chi connectivity index (χ4n) is 15.9. The summed E-state index contributed by atoms with van der Waals surface area (Å²) >= 11 is 0. The maximum atomic E-state index is 12.0. The standard InChI is InChI=1S/C14H20N5O6P.C14H16N5O5P.C13H15N6O6P.C12H16N5O5P.C11H14N5O6P.5Y/c1-3-22-11-7-10(17-13(15)18-11)19(6-16-7)12-8-9(20)14(25-12,4-23-8)5-24-26(2)21;1-25(21)23-6-13-5-22-11(10(13)20)14(4-15,24-13)9-3-2-8-12(16)17-7-18-19(8)9;1-26(22)24-5-12-4-23-8(7(12)20)13(3-14,25-12)6-2-16-9-10(21)17-11(15)18-19(6)9;1-23(19)21-3-12-2-20-7(8(12)18)11(22-12)17-5-16-6-9(13)14-4-15-10(6)17;1-23(19)21-5-11-4-20-7(8(11)14-15-12)9(22-11)16-3-2-6(17)13-10(16)18;;;;;/h6,8-9,12,20,26H,3-5H2,1-2H3,(H2,15,17,18);2-3,7,10-11,20,25H,5-6H2,1H3,(H2,16,17,18);2,7-8,20,26H,4-5H2,1H3,(H3,15,17,18,21);4-5,7-8,11,18,23H,2-3H2,1H3,(H2,13,14,15);2-3,7-9,23H,4-5H2,1H3,(H,13,17,18);;;;;/t8-,9+,12-,14-;10-,11+,13+,14-;7-,8+,12+,13-;7-,8+,11-,12-;7-,8+,9-,11-;;;;;/m10011...../s1. The molecular weight excluding hydrogens is 2180 g/mol. The zero-order chi connectivity index (χ0) is 87.8. The van der Waals surface area contributed by atoms with Crippen molar-refractivity contribution in [1.29, 1.82) is 10.5 Å². The Kier molecular flexibility index (Phi) is 35.4. The topological polar surface area (TPSA) is 750 Å². The maximum absolute atomic E-state index is 12.0. The Morgan fingerprint density at radius 2 is 1.05 bits per heavy atom. The summed E-state index contributed by atoms with van der Waals surface area (Å²) in [6, 6.07) is 7.85. The number of hydrogen-bond acceptors (Lipinski definition) is 45. The number of rotatable bonds is 23. The normalized spacial score (nSPS) is 32.4. The summed E-state index contributed by atoms with van der Waals surface area (Å²) in [6.07, 6.45) is -2.14. The SMILES string of the molecule is CCOc1nc(N)nc2c1ncn2[C@@H]1O[C@@]2(CO[PH](C)=O)CO[C@@H]1[C@@H]2O.C[PH](=O)OC[C@@]12CO[C@@H]([C@H](n3ccc(=O)[nH]c3=O)O1)[C@@H]2N=[N+]=[N-].C[PH](=O)OC[C@@]12CO[C@@H]([C@H](n3cnc4c(N)ncnc43)O1)[C@@H]2O.C[PH](=O)OC[C@]12CO[C@H]([C@@H]1O)[C@](C#N)(c1ccc3c(N)ncnn13)O2.C[PH](=O)OC[C@]12CO[C@H]([C@@H]1O)[C@](C#N)(c1cnc3c(=O)[nH]c(N)nn13)O2.[Y].[Y].[Y].[Y].[Y]. The molecule has 10 saturated heterocycles. The first kappa shape index (κ1) is 106. The van der Waals surface area contributed by atoms with Gasteiger partial charge in [-0.3, -0.25) is 56.1 Å². The number of aromatic nitrogens is 17. The first-order valence-electron chi connectivity index (χ1n) is 37.2. The molecule has 0 saturated carbocycles. The van der Waals surface area contributed by atoms with Crippen LogP contribution in [0.2, 0.25) is 0 Å². The van der Waals surface area contributed by atoms with Gasteiger partial charge in [-0.15, -0.1) is 5.10 Å². The van der Waals surface area contributed by atoms with Crippen LogP contribution in [0, 0.1) is 22.7 Å². The molecule has 5 radical (unpaired) electrons. The van der Waals surface area contributed by atoms with Crippen molar-refractivity contribution in [3.05, 3.63) is 109 Å². The van der Waals surface area contributed by atoms with E-state index in [2.05, 4.69) is 76.1 Å². The number of aliphatic hydroxyl groups is 4. The smallest absolute Gasteiger partial charge is 0.330 e. The number of H-pyrrole nitrogens is 2. The fraction of sp³-hybridized carbons (Fsp3) is 0.578. The predicted molar refractivity (Wildman–Crippen MR) is 418 cm³/mol. The van der Waals surface area contributed by atoms with E-state index in [0.717, 1.165) is 9.08 Å². The molecule has 675 valence electrons. The molecule has 9 aromatic rings. The minimum absolute atomic E-state index is 0. The second-order valence-corrected chi connectivity index (χ2v) is 35.9. The van der Waals surface area contributed by atoms with Gasteiger partial charge in [-0.25, -0.2) is 43.7 Å². The van der Waals surface area contributed by atoms with Crippen molar-refractivity contribution in [1.82, 2.24) is 82.8 Å². The van der Waals surface area contributed by atoms with Crippen molar-refractivity contribution in [2.24, 2.45) is 5.11 Å². The van der Waals surface area contributed by atoms with Crippen LogP contribution in [-0.2, 0) is 268 Å². The minimum atomic E-state index is -2.29. The molecule has 128 heavy (non-hydrogen) atoms. The van der Waals surface area contributed by atoms with Crippen molar-refractivity contribution in [3.8, 4) is 18.0 Å². The number of nitrogens with zero attached hydrogens (tertiary/aromatic N) is 20. The van der Waals surface area contributed by atoms with E-state index in [0.29, 0.717) is 40.1 Å². The van der Waals surface area contributed by atoms with Crippen LogP contribution in [0.5, 0.6) is 5.88 Å². The van der Waals surface area contributed by atoms with E-state index in [1.54, 1.807) is 21.3 Å². The summed E-state index contributed by atoms with van der Waals surface area (Å²) in [7, 11) is -11.0. The van der Waals surface area contributed by atoms with Gasteiger partial charge in [-0.05, 0) is 24.6 Å². The van der Waals surface area contributed by atoms with E-state index in [1.165, 1.54) is 81.6 Å². The summed E-state index contributed by atoms with van der Waals surface area (Å²) in [5.41, 5.74) is 23.3. The van der Waals surface area contributed by atoms with Crippen molar-refractivity contribution < 1.29 is 282 Å². The molecule has 5 unspecified atom stereocenters. The van der Waals surface area contributed by atoms with Gasteiger partial charge in [0.1, 0.15) is 131 Å². The molecular formula is C64H81N26O28P5Y5. The molecule has 0 aromatic carbocycles. The largest absolute Gasteiger partial charge is 0.476 e. The maximum Gasteiger partial charge on any atom is 0.330 e. The number of aliphatic hydroxyl groups excluding tert-OH is 4. The van der Waals surface area contributed by atoms with Crippen LogP contribution in [-0.4, -0.2) is 298 Å². The summed E-state index contributed by atoms with van der Waals surface area (Å²) in [6.45, 7) is 9.41. The average Bonchev–Trinajstić information content (AvgIpc) is 1.53. The van der Waals surface area contributed by atoms with E-state index in [-0.39, 0.29) is 270 Å². The Balaban J connectivity index is 0.000000165. The Labute approximate surface area is 849 Å². The fourth-order valence-corrected chi connectivity index (χ4v) is 18.2. The molecule has 9 aromatic heterocycles. The Morgan fingerprint density at radius 1 is 0.562 bits per heavy atom. The first-order chi connectivity index (χ1) is 58.7. The molecule has 14 N–H and O–H groups in total. The number of nitrogen functional groups attached to an aromatic ring is 4. The molecule has 0 spiro atoms. The zero-order valence-electron chi connectivity index (χ0n) is 68.2. The number of ether oxygens (including phenoxy) is 11. The number of hydrogen-bond donors (Lipinski definition) is 10. The van der Waals surface area contributed by atoms with Crippen LogP contribution >= 0.6 is 40.1 Å². The van der Waals surface area contributed by atoms with Crippen LogP contribution in [0.4, 0.5) is 23.5 Å². The van der Waals surface area contributed by atoms with Crippen LogP contribution in [0.25, 0.3) is 43.9 Å². The van der Waals surface area contributed by atoms with Crippen molar-refractivity contribution in [3.63, 3.8) is 0 Å². The first-order valence-corrected chi connectivity index (χ1v) is 46.3. The number of azide groups is 1. The number of anilines is 4. The third-order valence-corrected chi connectivity index (χ3v) is 24.5. The molecule has 19 heterocycles. The summed E-state index contributed by atoms with van der Waals surface area (Å²) in [4.78, 5) is 75.0. The summed E-state index contributed by atoms with van der Waals surface area (Å²) < 4.78 is 153. The number of nitrogens with one attached hydrogen (secondary N) is 2. The molecule has 0 amide bonds. The van der Waals surface area contributed by atoms with Crippen LogP contribution in [0.15, 0.2) is 75.4 Å². The summed E-state index contributed by atoms with van der Waals surface area (Å²) in [5, 5.41) is 73.9. The van der Waals surface area contributed by atoms with Gasteiger partial charge in [0.25, 0.3) is 11.1 Å². The van der Waals surface area contributed by atoms with Crippen molar-refractivity contribution in [2.45, 2.75) is 126 Å². The van der Waals surface area contributed by atoms with Crippen LogP contribution < -0.4 is 44.5 Å². The van der Waals surface area contributed by atoms with E-state index in [4.69, 9.17) is 103 Å². The number of fused-ring (bicyclic) bond motifs is 14. The average molecular weight is 2260 g/mol. The minimum Gasteiger partial charge on any atom is -0.476 e. The predicted octanol–water partition coefficient (Wildman–Crippen LogP) is -2.45. The quantitative estimate of drug-likeness (QED) is 0.0138. The second kappa shape index (κ2) is 42.7. The molecule has 10 bridgehead atoms. The third kappa shape index (κ3) is 19.6. The van der Waals surface area contributed by atoms with Crippen LogP contribution in [0.3, 0.4) is 0 Å². The zero-order valence-corrected chi connectivity index (χ0v) is 87.4. The number of aromatic amines is 2. The van der Waals surface area contributed by atoms with Crippen molar-refractivity contribution >= 4 is 97.2 Å². The number of imidazole rings is 3. The van der Waals surface area contributed by atoms with Crippen LogP contribution in [0.1, 0.15) is 37.0 Å². The number of nitriles is 2. The van der Waals surface area contributed by atoms with Gasteiger partial charge < -0.3 is 118 Å². The number of nitrogens with two attached hydrogens (primary N) is 4. The monoisotopic (exact) mass is 2260 g/mol. The van der Waals surface area contributed by atoms with Gasteiger partial charge in [0, 0.05) is 214 Å². The third-order valence-electron chi connectivity index (χ3n) is 21.7. The second-order valence-electron chi connectivity index (χ2n) is 29.5. The Hall–Kier alpha value is -4.05. The van der Waals surface area contributed by atoms with Gasteiger partial charge in [0.2, 0.25) is 34.6 Å². The Bertz CT molecular complexity index is 6060. The van der Waals surface area contributed by atoms with E-state index in [9.17, 15) is 68.2 Å². The molecule has 10 aliphatic rings. The van der Waals surface area contributed by atoms with Crippen molar-refractivity contribution in [2.75, 3.05) is 129 Å². The van der Waals surface area contributed by atoms with Gasteiger partial charge in [-0.1, -0.05) is 5.11 Å². The molecule has 19 rings (SSSR count). The van der Waals surface area contributed by atoms with E-state index < -0.39 is 176 Å². The molecule has 54 nitrogen and oxygen atoms in total. The molecule has 25 atom stereocenters. The summed E-state index contributed by atoms with van der Waals surface area (Å²) in [5.74, 6) is 0.653. The molecule has 64 heteroatoms. The van der Waals surface area contributed by atoms with Gasteiger partial charge in [-0.2, -0.15) is 25.6 Å². The molecule has 0 aliphatic carbocycles. The Morgan fingerprint density at radius 3 is 1.58 bits per heavy atom. The molecule has 10 fully saturated rings. The van der Waals surface area contributed by atoms with Gasteiger partial charge in [0.15, 0.2) is 87.3 Å². The molecule has 10 aliphatic heterocycles. The van der Waals surface area contributed by atoms with Gasteiger partial charge in [0.05, 0.1) is 97.2 Å². The van der Waals surface area contributed by atoms with Gasteiger partial charge >= 0.3 is 5.69 Å². The van der Waals surface area contributed by atoms with E-state index in [1.807, 2.05) is 13.0 Å². The van der Waals surface area contributed by atoms with E-state index >= 15 is 0 Å².